The number of carbonyl (C=O) groups excluding carboxylic acids is 1. The summed E-state index contributed by atoms with van der Waals surface area (Å²) in [6, 6.07) is 18.3. The van der Waals surface area contributed by atoms with Gasteiger partial charge in [0.05, 0.1) is 19.3 Å². The molecule has 0 saturated heterocycles. The van der Waals surface area contributed by atoms with Gasteiger partial charge >= 0.3 is 0 Å². The molecule has 0 aliphatic heterocycles. The predicted molar refractivity (Wildman–Crippen MR) is 124 cm³/mol. The minimum atomic E-state index is -0.262. The highest BCUT2D eigenvalue weighted by Gasteiger charge is 2.13. The Morgan fingerprint density at radius 1 is 1.03 bits per heavy atom. The first kappa shape index (κ1) is 23.1. The Morgan fingerprint density at radius 3 is 2.47 bits per heavy atom. The maximum Gasteiger partial charge on any atom is 0.266 e. The quantitative estimate of drug-likeness (QED) is 0.586. The summed E-state index contributed by atoms with van der Waals surface area (Å²) >= 11 is 0. The molecule has 0 unspecified atom stereocenters. The van der Waals surface area contributed by atoms with Crippen molar-refractivity contribution in [3.63, 3.8) is 0 Å². The van der Waals surface area contributed by atoms with E-state index in [1.54, 1.807) is 13.2 Å². The smallest absolute Gasteiger partial charge is 0.266 e. The normalized spacial score (nSPS) is 11.1. The van der Waals surface area contributed by atoms with E-state index in [4.69, 9.17) is 9.47 Å². The van der Waals surface area contributed by atoms with Gasteiger partial charge in [-0.1, -0.05) is 45.0 Å². The minimum Gasteiger partial charge on any atom is -0.497 e. The molecule has 0 aliphatic rings. The van der Waals surface area contributed by atoms with Crippen molar-refractivity contribution in [2.75, 3.05) is 20.3 Å². The number of benzene rings is 2. The standard InChI is InChI=1S/C25H29N3O4/c1-25(2,3)19-8-10-20(11-9-19)32-17-23(29)26-14-15-28-24(30)13-12-22(27-28)18-6-5-7-21(16-18)31-4/h5-13,16H,14-15,17H2,1-4H3,(H,26,29). The zero-order valence-corrected chi connectivity index (χ0v) is 18.9. The van der Waals surface area contributed by atoms with Crippen LogP contribution >= 0.6 is 0 Å². The first-order valence-corrected chi connectivity index (χ1v) is 10.5. The van der Waals surface area contributed by atoms with Gasteiger partial charge < -0.3 is 14.8 Å². The van der Waals surface area contributed by atoms with Gasteiger partial charge in [0.15, 0.2) is 6.61 Å². The minimum absolute atomic E-state index is 0.0614. The highest BCUT2D eigenvalue weighted by molar-refractivity contribution is 5.77. The number of methoxy groups -OCH3 is 1. The number of nitrogens with zero attached hydrogens (tertiary/aromatic N) is 2. The van der Waals surface area contributed by atoms with Crippen molar-refractivity contribution >= 4 is 5.91 Å². The van der Waals surface area contributed by atoms with Crippen LogP contribution in [0.15, 0.2) is 65.5 Å². The summed E-state index contributed by atoms with van der Waals surface area (Å²) in [6.07, 6.45) is 0. The summed E-state index contributed by atoms with van der Waals surface area (Å²) in [4.78, 5) is 24.3. The Morgan fingerprint density at radius 2 is 1.78 bits per heavy atom. The first-order chi connectivity index (χ1) is 15.3. The molecule has 0 bridgehead atoms. The van der Waals surface area contributed by atoms with Crippen molar-refractivity contribution in [1.82, 2.24) is 15.1 Å². The molecule has 0 aliphatic carbocycles. The maximum absolute atomic E-state index is 12.1. The summed E-state index contributed by atoms with van der Waals surface area (Å²) in [5.41, 5.74) is 2.51. The molecule has 168 valence electrons. The fraction of sp³-hybridized carbons (Fsp3) is 0.320. The molecule has 0 fully saturated rings. The molecule has 1 heterocycles. The van der Waals surface area contributed by atoms with Crippen molar-refractivity contribution in [3.8, 4) is 22.8 Å². The number of hydrogen-bond acceptors (Lipinski definition) is 5. The van der Waals surface area contributed by atoms with Crippen LogP contribution in [0.5, 0.6) is 11.5 Å². The largest absolute Gasteiger partial charge is 0.497 e. The molecule has 0 saturated carbocycles. The fourth-order valence-electron chi connectivity index (χ4n) is 3.10. The van der Waals surface area contributed by atoms with E-state index in [1.807, 2.05) is 48.5 Å². The van der Waals surface area contributed by atoms with Crippen LogP contribution < -0.4 is 20.3 Å². The van der Waals surface area contributed by atoms with Crippen LogP contribution in [0.1, 0.15) is 26.3 Å². The molecule has 3 aromatic rings. The number of aromatic nitrogens is 2. The topological polar surface area (TPSA) is 82.5 Å². The summed E-state index contributed by atoms with van der Waals surface area (Å²) in [5, 5.41) is 7.16. The SMILES string of the molecule is COc1cccc(-c2ccc(=O)n(CCNC(=O)COc3ccc(C(C)(C)C)cc3)n2)c1. The van der Waals surface area contributed by atoms with Crippen molar-refractivity contribution < 1.29 is 14.3 Å². The van der Waals surface area contributed by atoms with Gasteiger partial charge in [-0.05, 0) is 41.3 Å². The number of carbonyl (C=O) groups is 1. The van der Waals surface area contributed by atoms with Crippen LogP contribution in [0.25, 0.3) is 11.3 Å². The Labute approximate surface area is 188 Å². The highest BCUT2D eigenvalue weighted by atomic mass is 16.5. The van der Waals surface area contributed by atoms with Gasteiger partial charge in [-0.15, -0.1) is 0 Å². The molecule has 1 N–H and O–H groups in total. The molecule has 0 radical (unpaired) electrons. The predicted octanol–water partition coefficient (Wildman–Crippen LogP) is 3.41. The average Bonchev–Trinajstić information content (AvgIpc) is 2.78. The first-order valence-electron chi connectivity index (χ1n) is 10.5. The third-order valence-electron chi connectivity index (χ3n) is 4.97. The second-order valence-corrected chi connectivity index (χ2v) is 8.42. The third kappa shape index (κ3) is 6.20. The van der Waals surface area contributed by atoms with Crippen LogP contribution in [0.2, 0.25) is 0 Å². The lowest BCUT2D eigenvalue weighted by Gasteiger charge is -2.19. The van der Waals surface area contributed by atoms with Gasteiger partial charge in [-0.25, -0.2) is 4.68 Å². The molecule has 2 aromatic carbocycles. The van der Waals surface area contributed by atoms with E-state index in [0.717, 1.165) is 5.56 Å². The molecule has 32 heavy (non-hydrogen) atoms. The summed E-state index contributed by atoms with van der Waals surface area (Å²) in [6.45, 7) is 6.85. The Hall–Kier alpha value is -3.61. The Bertz CT molecular complexity index is 1120. The van der Waals surface area contributed by atoms with Gasteiger partial charge in [-0.2, -0.15) is 5.10 Å². The third-order valence-corrected chi connectivity index (χ3v) is 4.97. The van der Waals surface area contributed by atoms with E-state index in [0.29, 0.717) is 17.2 Å². The molecule has 0 atom stereocenters. The summed E-state index contributed by atoms with van der Waals surface area (Å²) < 4.78 is 12.1. The van der Waals surface area contributed by atoms with Gasteiger partial charge in [0.1, 0.15) is 11.5 Å². The lowest BCUT2D eigenvalue weighted by molar-refractivity contribution is -0.123. The molecule has 1 aromatic heterocycles. The zero-order chi connectivity index (χ0) is 23.1. The van der Waals surface area contributed by atoms with Gasteiger partial charge in [0, 0.05) is 18.2 Å². The molecule has 3 rings (SSSR count). The number of ether oxygens (including phenoxy) is 2. The van der Waals surface area contributed by atoms with Crippen molar-refractivity contribution in [2.45, 2.75) is 32.7 Å². The van der Waals surface area contributed by atoms with Crippen LogP contribution in [0, 0.1) is 0 Å². The monoisotopic (exact) mass is 435 g/mol. The average molecular weight is 436 g/mol. The summed E-state index contributed by atoms with van der Waals surface area (Å²) in [7, 11) is 1.60. The van der Waals surface area contributed by atoms with E-state index < -0.39 is 0 Å². The lowest BCUT2D eigenvalue weighted by atomic mass is 9.87. The van der Waals surface area contributed by atoms with Crippen LogP contribution in [0.4, 0.5) is 0 Å². The van der Waals surface area contributed by atoms with E-state index in [-0.39, 0.29) is 36.6 Å². The maximum atomic E-state index is 12.1. The van der Waals surface area contributed by atoms with Gasteiger partial charge in [-0.3, -0.25) is 9.59 Å². The van der Waals surface area contributed by atoms with E-state index in [2.05, 4.69) is 31.2 Å². The van der Waals surface area contributed by atoms with Gasteiger partial charge in [0.25, 0.3) is 11.5 Å². The zero-order valence-electron chi connectivity index (χ0n) is 18.9. The number of hydrogen-bond donors (Lipinski definition) is 1. The molecule has 7 heteroatoms. The second-order valence-electron chi connectivity index (χ2n) is 8.42. The van der Waals surface area contributed by atoms with Crippen LogP contribution in [-0.2, 0) is 16.8 Å². The van der Waals surface area contributed by atoms with Crippen LogP contribution in [-0.4, -0.2) is 35.9 Å². The molecule has 0 spiro atoms. The highest BCUT2D eigenvalue weighted by Crippen LogP contribution is 2.24. The Kier molecular flexibility index (Phi) is 7.30. The fourth-order valence-corrected chi connectivity index (χ4v) is 3.10. The van der Waals surface area contributed by atoms with Gasteiger partial charge in [0.2, 0.25) is 0 Å². The van der Waals surface area contributed by atoms with Crippen molar-refractivity contribution in [3.05, 3.63) is 76.6 Å². The molecular formula is C25H29N3O4. The lowest BCUT2D eigenvalue weighted by Crippen LogP contribution is -2.34. The summed E-state index contributed by atoms with van der Waals surface area (Å²) in [5.74, 6) is 1.08. The van der Waals surface area contributed by atoms with E-state index >= 15 is 0 Å². The number of amides is 1. The van der Waals surface area contributed by atoms with Crippen molar-refractivity contribution in [1.29, 1.82) is 0 Å². The van der Waals surface area contributed by atoms with E-state index in [1.165, 1.54) is 16.3 Å². The number of rotatable bonds is 8. The number of nitrogens with one attached hydrogen (secondary N) is 1. The molecule has 1 amide bonds. The molecule has 7 nitrogen and oxygen atoms in total. The van der Waals surface area contributed by atoms with Crippen molar-refractivity contribution in [2.24, 2.45) is 0 Å². The van der Waals surface area contributed by atoms with E-state index in [9.17, 15) is 9.59 Å². The van der Waals surface area contributed by atoms with Crippen LogP contribution in [0.3, 0.4) is 0 Å². The Balaban J connectivity index is 1.52. The molecular weight excluding hydrogens is 406 g/mol. The second kappa shape index (κ2) is 10.1.